The minimum absolute atomic E-state index is 0.0852. The Hall–Kier alpha value is -1.94. The first-order valence-electron chi connectivity index (χ1n) is 9.06. The molecule has 0 radical (unpaired) electrons. The van der Waals surface area contributed by atoms with Crippen LogP contribution in [-0.2, 0) is 9.84 Å². The first-order chi connectivity index (χ1) is 14.1. The number of amides is 1. The SMILES string of the molecule is Cc1nc(-c2ccc(Cl)s2)sc1C(=O)N(C)CCCOc1cccc(S(C)(=O)=O)c1. The fourth-order valence-electron chi connectivity index (χ4n) is 2.69. The highest BCUT2D eigenvalue weighted by atomic mass is 35.5. The summed E-state index contributed by atoms with van der Waals surface area (Å²) in [5.74, 6) is 0.405. The van der Waals surface area contributed by atoms with Crippen LogP contribution >= 0.6 is 34.3 Å². The van der Waals surface area contributed by atoms with Crippen LogP contribution in [0.4, 0.5) is 0 Å². The van der Waals surface area contributed by atoms with Crippen molar-refractivity contribution in [3.8, 4) is 15.6 Å². The smallest absolute Gasteiger partial charge is 0.265 e. The summed E-state index contributed by atoms with van der Waals surface area (Å²) < 4.78 is 29.6. The van der Waals surface area contributed by atoms with Crippen LogP contribution in [0.15, 0.2) is 41.3 Å². The summed E-state index contributed by atoms with van der Waals surface area (Å²) in [5, 5.41) is 0.787. The number of thiophene rings is 1. The second-order valence-corrected chi connectivity index (χ2v) is 11.4. The van der Waals surface area contributed by atoms with Gasteiger partial charge in [-0.1, -0.05) is 17.7 Å². The van der Waals surface area contributed by atoms with E-state index in [2.05, 4.69) is 4.98 Å². The van der Waals surface area contributed by atoms with Crippen LogP contribution in [0.2, 0.25) is 4.34 Å². The number of sulfone groups is 1. The second-order valence-electron chi connectivity index (χ2n) is 6.71. The van der Waals surface area contributed by atoms with Gasteiger partial charge in [0.05, 0.1) is 26.4 Å². The van der Waals surface area contributed by atoms with Gasteiger partial charge in [0.25, 0.3) is 5.91 Å². The topological polar surface area (TPSA) is 76.6 Å². The molecule has 3 aromatic rings. The summed E-state index contributed by atoms with van der Waals surface area (Å²) >= 11 is 8.79. The van der Waals surface area contributed by atoms with Crippen LogP contribution < -0.4 is 4.74 Å². The molecule has 3 rings (SSSR count). The lowest BCUT2D eigenvalue weighted by Gasteiger charge is -2.16. The number of rotatable bonds is 8. The molecular formula is C20H21ClN2O4S3. The molecule has 1 amide bonds. The molecule has 2 heterocycles. The highest BCUT2D eigenvalue weighted by Crippen LogP contribution is 2.35. The molecule has 0 fully saturated rings. The third kappa shape index (κ3) is 5.60. The highest BCUT2D eigenvalue weighted by Gasteiger charge is 2.20. The van der Waals surface area contributed by atoms with Gasteiger partial charge in [0.2, 0.25) is 0 Å². The number of benzene rings is 1. The molecule has 30 heavy (non-hydrogen) atoms. The Morgan fingerprint density at radius 2 is 2.00 bits per heavy atom. The molecule has 10 heteroatoms. The predicted molar refractivity (Wildman–Crippen MR) is 122 cm³/mol. The van der Waals surface area contributed by atoms with Crippen molar-refractivity contribution in [3.05, 3.63) is 51.3 Å². The molecule has 160 valence electrons. The molecule has 1 aromatic carbocycles. The van der Waals surface area contributed by atoms with Crippen LogP contribution in [0.25, 0.3) is 9.88 Å². The van der Waals surface area contributed by atoms with E-state index >= 15 is 0 Å². The standard InChI is InChI=1S/C20H21ClN2O4S3/c1-13-18(29-19(22-13)16-8-9-17(21)28-16)20(24)23(2)10-5-11-27-14-6-4-7-15(12-14)30(3,25)26/h4,6-9,12H,5,10-11H2,1-3H3. The zero-order valence-electron chi connectivity index (χ0n) is 16.7. The van der Waals surface area contributed by atoms with E-state index in [1.165, 1.54) is 34.8 Å². The molecule has 2 aromatic heterocycles. The first kappa shape index (κ1) is 22.7. The van der Waals surface area contributed by atoms with Gasteiger partial charge < -0.3 is 9.64 Å². The normalized spacial score (nSPS) is 11.5. The number of thiazole rings is 1. The van der Waals surface area contributed by atoms with E-state index < -0.39 is 9.84 Å². The van der Waals surface area contributed by atoms with Gasteiger partial charge in [-0.15, -0.1) is 22.7 Å². The number of carbonyl (C=O) groups is 1. The number of hydrogen-bond donors (Lipinski definition) is 0. The van der Waals surface area contributed by atoms with E-state index in [-0.39, 0.29) is 10.8 Å². The summed E-state index contributed by atoms with van der Waals surface area (Å²) in [4.78, 5) is 20.7. The Balaban J connectivity index is 1.55. The first-order valence-corrected chi connectivity index (χ1v) is 13.0. The Bertz CT molecular complexity index is 1150. The number of halogens is 1. The van der Waals surface area contributed by atoms with Gasteiger partial charge in [-0.05, 0) is 43.7 Å². The molecule has 0 N–H and O–H groups in total. The molecule has 0 aliphatic carbocycles. The highest BCUT2D eigenvalue weighted by molar-refractivity contribution is 7.90. The van der Waals surface area contributed by atoms with Gasteiger partial charge in [0.1, 0.15) is 15.6 Å². The van der Waals surface area contributed by atoms with E-state index in [1.54, 1.807) is 24.1 Å². The van der Waals surface area contributed by atoms with Crippen LogP contribution in [-0.4, -0.2) is 50.7 Å². The van der Waals surface area contributed by atoms with Gasteiger partial charge in [-0.2, -0.15) is 0 Å². The molecule has 0 saturated carbocycles. The lowest BCUT2D eigenvalue weighted by molar-refractivity contribution is 0.0791. The van der Waals surface area contributed by atoms with Gasteiger partial charge in [0.15, 0.2) is 9.84 Å². The van der Waals surface area contributed by atoms with E-state index in [9.17, 15) is 13.2 Å². The average Bonchev–Trinajstić information content (AvgIpc) is 3.29. The fourth-order valence-corrected chi connectivity index (χ4v) is 5.51. The van der Waals surface area contributed by atoms with Gasteiger partial charge in [-0.3, -0.25) is 4.79 Å². The fraction of sp³-hybridized carbons (Fsp3) is 0.300. The molecule has 0 atom stereocenters. The lowest BCUT2D eigenvalue weighted by Crippen LogP contribution is -2.28. The van der Waals surface area contributed by atoms with E-state index in [0.717, 1.165) is 16.1 Å². The summed E-state index contributed by atoms with van der Waals surface area (Å²) in [7, 11) is -1.53. The summed E-state index contributed by atoms with van der Waals surface area (Å²) in [6.45, 7) is 2.70. The minimum atomic E-state index is -3.28. The van der Waals surface area contributed by atoms with Crippen molar-refractivity contribution < 1.29 is 17.9 Å². The molecule has 0 aliphatic rings. The Morgan fingerprint density at radius 1 is 1.23 bits per heavy atom. The van der Waals surface area contributed by atoms with E-state index in [4.69, 9.17) is 16.3 Å². The Kier molecular flexibility index (Phi) is 7.18. The van der Waals surface area contributed by atoms with Crippen LogP contribution in [0.5, 0.6) is 5.75 Å². The maximum absolute atomic E-state index is 12.8. The third-order valence-corrected chi connectivity index (χ3v) is 7.92. The summed E-state index contributed by atoms with van der Waals surface area (Å²) in [5.41, 5.74) is 0.699. The van der Waals surface area contributed by atoms with E-state index in [1.807, 2.05) is 19.1 Å². The van der Waals surface area contributed by atoms with Crippen molar-refractivity contribution in [1.82, 2.24) is 9.88 Å². The number of ether oxygens (including phenoxy) is 1. The zero-order chi connectivity index (χ0) is 21.9. The molecule has 0 spiro atoms. The van der Waals surface area contributed by atoms with Crippen molar-refractivity contribution in [2.24, 2.45) is 0 Å². The van der Waals surface area contributed by atoms with Crippen molar-refractivity contribution in [2.75, 3.05) is 26.5 Å². The van der Waals surface area contributed by atoms with Crippen molar-refractivity contribution in [1.29, 1.82) is 0 Å². The average molecular weight is 485 g/mol. The van der Waals surface area contributed by atoms with Crippen LogP contribution in [0, 0.1) is 6.92 Å². The van der Waals surface area contributed by atoms with Crippen LogP contribution in [0.3, 0.4) is 0 Å². The van der Waals surface area contributed by atoms with E-state index in [0.29, 0.717) is 40.2 Å². The van der Waals surface area contributed by atoms with Gasteiger partial charge in [0, 0.05) is 19.8 Å². The molecule has 0 unspecified atom stereocenters. The maximum atomic E-state index is 12.8. The quantitative estimate of drug-likeness (QED) is 0.430. The number of carbonyl (C=O) groups excluding carboxylic acids is 1. The molecular weight excluding hydrogens is 464 g/mol. The second kappa shape index (κ2) is 9.47. The number of nitrogens with zero attached hydrogens (tertiary/aromatic N) is 2. The number of aryl methyl sites for hydroxylation is 1. The van der Waals surface area contributed by atoms with Crippen molar-refractivity contribution >= 4 is 50.0 Å². The largest absolute Gasteiger partial charge is 0.493 e. The minimum Gasteiger partial charge on any atom is -0.493 e. The Morgan fingerprint density at radius 3 is 2.67 bits per heavy atom. The van der Waals surface area contributed by atoms with Crippen molar-refractivity contribution in [2.45, 2.75) is 18.2 Å². The zero-order valence-corrected chi connectivity index (χ0v) is 19.9. The Labute approximate surface area is 189 Å². The molecule has 6 nitrogen and oxygen atoms in total. The van der Waals surface area contributed by atoms with Crippen molar-refractivity contribution in [3.63, 3.8) is 0 Å². The monoisotopic (exact) mass is 484 g/mol. The van der Waals surface area contributed by atoms with Gasteiger partial charge >= 0.3 is 0 Å². The molecule has 0 bridgehead atoms. The number of hydrogen-bond acceptors (Lipinski definition) is 7. The third-order valence-electron chi connectivity index (χ3n) is 4.26. The molecule has 0 aliphatic heterocycles. The lowest BCUT2D eigenvalue weighted by atomic mass is 10.3. The summed E-state index contributed by atoms with van der Waals surface area (Å²) in [6, 6.07) is 10.1. The number of aromatic nitrogens is 1. The maximum Gasteiger partial charge on any atom is 0.265 e. The summed E-state index contributed by atoms with van der Waals surface area (Å²) in [6.07, 6.45) is 1.77. The molecule has 0 saturated heterocycles. The van der Waals surface area contributed by atoms with Gasteiger partial charge in [-0.25, -0.2) is 13.4 Å². The van der Waals surface area contributed by atoms with Crippen LogP contribution in [0.1, 0.15) is 21.8 Å². The predicted octanol–water partition coefficient (Wildman–Crippen LogP) is 4.78.